The summed E-state index contributed by atoms with van der Waals surface area (Å²) in [4.78, 5) is 29.6. The fourth-order valence-electron chi connectivity index (χ4n) is 5.60. The summed E-state index contributed by atoms with van der Waals surface area (Å²) in [6.45, 7) is 6.02. The molecule has 2 saturated heterocycles. The first-order valence-electron chi connectivity index (χ1n) is 15.1. The lowest BCUT2D eigenvalue weighted by Crippen LogP contribution is -2.36. The molecule has 1 aromatic heterocycles. The minimum absolute atomic E-state index is 0.000320. The summed E-state index contributed by atoms with van der Waals surface area (Å²) >= 11 is 1.43. The van der Waals surface area contributed by atoms with Gasteiger partial charge in [-0.3, -0.25) is 9.59 Å². The van der Waals surface area contributed by atoms with Crippen LogP contribution in [0.1, 0.15) is 53.6 Å². The number of aromatic nitrogens is 2. The van der Waals surface area contributed by atoms with Gasteiger partial charge in [0.1, 0.15) is 0 Å². The van der Waals surface area contributed by atoms with Gasteiger partial charge in [-0.1, -0.05) is 53.8 Å². The Kier molecular flexibility index (Phi) is 10.9. The van der Waals surface area contributed by atoms with Crippen LogP contribution in [0.2, 0.25) is 0 Å². The zero-order chi connectivity index (χ0) is 29.1. The summed E-state index contributed by atoms with van der Waals surface area (Å²) < 4.78 is 6.01. The molecule has 2 fully saturated rings. The molecular weight excluding hydrogens is 548 g/mol. The van der Waals surface area contributed by atoms with E-state index in [4.69, 9.17) is 4.74 Å². The molecule has 2 aliphatic heterocycles. The van der Waals surface area contributed by atoms with E-state index in [1.54, 1.807) is 0 Å². The van der Waals surface area contributed by atoms with Gasteiger partial charge in [-0.25, -0.2) is 0 Å². The molecule has 2 amide bonds. The lowest BCUT2D eigenvalue weighted by molar-refractivity contribution is -0.115. The summed E-state index contributed by atoms with van der Waals surface area (Å²) in [6.07, 6.45) is 5.77. The van der Waals surface area contributed by atoms with Crippen LogP contribution >= 0.6 is 11.3 Å². The van der Waals surface area contributed by atoms with Crippen molar-refractivity contribution in [1.82, 2.24) is 20.4 Å². The second-order valence-corrected chi connectivity index (χ2v) is 12.5. The summed E-state index contributed by atoms with van der Waals surface area (Å²) in [7, 11) is 2.15. The first kappa shape index (κ1) is 30.1. The predicted octanol–water partition coefficient (Wildman–Crippen LogP) is 4.61. The van der Waals surface area contributed by atoms with Crippen molar-refractivity contribution in [3.05, 3.63) is 71.3 Å². The number of piperidine rings is 2. The van der Waals surface area contributed by atoms with Crippen LogP contribution in [0.5, 0.6) is 0 Å². The fraction of sp³-hybridized carbons (Fsp3) is 0.500. The molecule has 2 aromatic carbocycles. The molecular formula is C32H42N6O3S. The molecule has 9 nitrogen and oxygen atoms in total. The van der Waals surface area contributed by atoms with E-state index in [-0.39, 0.29) is 11.8 Å². The summed E-state index contributed by atoms with van der Waals surface area (Å²) in [5.74, 6) is 1.09. The van der Waals surface area contributed by atoms with Crippen molar-refractivity contribution in [2.75, 3.05) is 56.6 Å². The van der Waals surface area contributed by atoms with Gasteiger partial charge in [0.25, 0.3) is 5.91 Å². The molecule has 5 rings (SSSR count). The number of nitrogens with one attached hydrogen (secondary N) is 2. The number of likely N-dealkylation sites (tertiary alicyclic amines) is 1. The predicted molar refractivity (Wildman–Crippen MR) is 167 cm³/mol. The maximum absolute atomic E-state index is 12.7. The molecule has 0 aliphatic carbocycles. The number of carbonyl (C=O) groups is 2. The van der Waals surface area contributed by atoms with Gasteiger partial charge in [-0.05, 0) is 87.3 Å². The number of hydrogen-bond acceptors (Lipinski definition) is 8. The number of carbonyl (C=O) groups excluding carboxylic acids is 2. The molecule has 3 aromatic rings. The van der Waals surface area contributed by atoms with E-state index in [1.165, 1.54) is 11.3 Å². The van der Waals surface area contributed by atoms with E-state index in [2.05, 4.69) is 37.7 Å². The third-order valence-corrected chi connectivity index (χ3v) is 9.17. The van der Waals surface area contributed by atoms with Gasteiger partial charge in [0.2, 0.25) is 16.2 Å². The highest BCUT2D eigenvalue weighted by Gasteiger charge is 2.22. The van der Waals surface area contributed by atoms with Gasteiger partial charge >= 0.3 is 0 Å². The highest BCUT2D eigenvalue weighted by Crippen LogP contribution is 2.29. The maximum atomic E-state index is 12.7. The van der Waals surface area contributed by atoms with Crippen LogP contribution in [0.15, 0.2) is 54.6 Å². The Morgan fingerprint density at radius 1 is 0.929 bits per heavy atom. The molecule has 42 heavy (non-hydrogen) atoms. The molecule has 0 unspecified atom stereocenters. The highest BCUT2D eigenvalue weighted by molar-refractivity contribution is 7.19. The van der Waals surface area contributed by atoms with Crippen molar-refractivity contribution in [2.45, 2.75) is 45.1 Å². The van der Waals surface area contributed by atoms with Gasteiger partial charge in [-0.2, -0.15) is 0 Å². The monoisotopic (exact) mass is 590 g/mol. The molecule has 2 aliphatic rings. The van der Waals surface area contributed by atoms with E-state index in [0.29, 0.717) is 42.2 Å². The second-order valence-electron chi connectivity index (χ2n) is 11.5. The number of rotatable bonds is 12. The molecule has 2 N–H and O–H groups in total. The molecule has 0 radical (unpaired) electrons. The molecule has 224 valence electrons. The van der Waals surface area contributed by atoms with E-state index in [0.717, 1.165) is 81.1 Å². The zero-order valence-electron chi connectivity index (χ0n) is 24.5. The SMILES string of the molecule is CN1CCC(CNC(=O)c2cccc(COCCC3CCN(c4nnc(NC(=O)Cc5ccccc5)s4)CC3)c2)CC1. The average Bonchev–Trinajstić information content (AvgIpc) is 3.48. The summed E-state index contributed by atoms with van der Waals surface area (Å²) in [6, 6.07) is 17.5. The molecule has 0 bridgehead atoms. The van der Waals surface area contributed by atoms with Crippen molar-refractivity contribution in [3.63, 3.8) is 0 Å². The average molecular weight is 591 g/mol. The van der Waals surface area contributed by atoms with Crippen molar-refractivity contribution in [2.24, 2.45) is 11.8 Å². The first-order valence-corrected chi connectivity index (χ1v) is 15.9. The Bertz CT molecular complexity index is 1290. The lowest BCUT2D eigenvalue weighted by Gasteiger charge is -2.31. The van der Waals surface area contributed by atoms with Crippen LogP contribution in [-0.4, -0.2) is 73.3 Å². The zero-order valence-corrected chi connectivity index (χ0v) is 25.3. The van der Waals surface area contributed by atoms with Crippen LogP contribution in [0, 0.1) is 11.8 Å². The van der Waals surface area contributed by atoms with Crippen molar-refractivity contribution in [1.29, 1.82) is 0 Å². The number of amides is 2. The maximum Gasteiger partial charge on any atom is 0.251 e. The van der Waals surface area contributed by atoms with E-state index in [1.807, 2.05) is 54.6 Å². The minimum atomic E-state index is -0.0828. The first-order chi connectivity index (χ1) is 20.5. The molecule has 0 atom stereocenters. The topological polar surface area (TPSA) is 99.7 Å². The number of nitrogens with zero attached hydrogens (tertiary/aromatic N) is 4. The third-order valence-electron chi connectivity index (χ3n) is 8.27. The second kappa shape index (κ2) is 15.2. The standard InChI is InChI=1S/C32H42N6O3S/c1-37-15-10-26(11-16-37)22-33-30(40)28-9-5-8-27(20-28)23-41-19-14-24-12-17-38(18-13-24)32-36-35-31(42-32)34-29(39)21-25-6-3-2-4-7-25/h2-9,20,24,26H,10-19,21-23H2,1H3,(H,33,40)(H,34,35,39). The van der Waals surface area contributed by atoms with Crippen LogP contribution < -0.4 is 15.5 Å². The Balaban J connectivity index is 0.972. The number of benzene rings is 2. The molecule has 0 saturated carbocycles. The molecule has 10 heteroatoms. The molecule has 3 heterocycles. The third kappa shape index (κ3) is 9.08. The lowest BCUT2D eigenvalue weighted by atomic mass is 9.94. The molecule has 0 spiro atoms. The van der Waals surface area contributed by atoms with Crippen molar-refractivity contribution >= 4 is 33.4 Å². The number of hydrogen-bond donors (Lipinski definition) is 2. The van der Waals surface area contributed by atoms with Gasteiger partial charge in [-0.15, -0.1) is 10.2 Å². The smallest absolute Gasteiger partial charge is 0.251 e. The summed E-state index contributed by atoms with van der Waals surface area (Å²) in [5, 5.41) is 15.9. The van der Waals surface area contributed by atoms with Crippen molar-refractivity contribution in [3.8, 4) is 0 Å². The van der Waals surface area contributed by atoms with Crippen LogP contribution in [-0.2, 0) is 22.6 Å². The Hall–Kier alpha value is -3.34. The number of anilines is 2. The van der Waals surface area contributed by atoms with E-state index in [9.17, 15) is 9.59 Å². The van der Waals surface area contributed by atoms with Crippen LogP contribution in [0.4, 0.5) is 10.3 Å². The van der Waals surface area contributed by atoms with Crippen molar-refractivity contribution < 1.29 is 14.3 Å². The van der Waals surface area contributed by atoms with Crippen LogP contribution in [0.25, 0.3) is 0 Å². The van der Waals surface area contributed by atoms with Gasteiger partial charge in [0.05, 0.1) is 13.0 Å². The van der Waals surface area contributed by atoms with Gasteiger partial charge in [0, 0.05) is 31.8 Å². The number of ether oxygens (including phenoxy) is 1. The highest BCUT2D eigenvalue weighted by atomic mass is 32.1. The van der Waals surface area contributed by atoms with E-state index >= 15 is 0 Å². The summed E-state index contributed by atoms with van der Waals surface area (Å²) in [5.41, 5.74) is 2.70. The van der Waals surface area contributed by atoms with E-state index < -0.39 is 0 Å². The minimum Gasteiger partial charge on any atom is -0.377 e. The van der Waals surface area contributed by atoms with Gasteiger partial charge in [0.15, 0.2) is 0 Å². The Morgan fingerprint density at radius 2 is 1.67 bits per heavy atom. The Labute approximate surface area is 252 Å². The fourth-order valence-corrected chi connectivity index (χ4v) is 6.41. The normalized spacial score (nSPS) is 16.8. The van der Waals surface area contributed by atoms with Gasteiger partial charge < -0.3 is 25.2 Å². The Morgan fingerprint density at radius 3 is 2.45 bits per heavy atom. The quantitative estimate of drug-likeness (QED) is 0.297. The largest absolute Gasteiger partial charge is 0.377 e. The van der Waals surface area contributed by atoms with Crippen LogP contribution in [0.3, 0.4) is 0 Å².